The Kier molecular flexibility index (Phi) is 43.4. The van der Waals surface area contributed by atoms with E-state index in [1.807, 2.05) is 0 Å². The lowest BCUT2D eigenvalue weighted by Gasteiger charge is -2.18. The van der Waals surface area contributed by atoms with E-state index in [4.69, 9.17) is 14.2 Å². The van der Waals surface area contributed by atoms with E-state index < -0.39 is 6.10 Å². The standard InChI is InChI=1S/C50H90O6/c1-4-7-10-13-16-19-22-24-26-28-31-34-37-40-43-49(52)55-46-47(45-54-48(51)42-39-36-33-30-27-21-18-15-12-9-6-3)56-50(53)44-41-38-35-32-29-25-23-20-17-14-11-8-5-2/h15,18,20,22-24,47H,4-14,16-17,19,21,25-46H2,1-3H3/b18-15-,23-20-,24-22-/t47-/m1/s1. The molecule has 0 spiro atoms. The van der Waals surface area contributed by atoms with Crippen molar-refractivity contribution in [2.75, 3.05) is 13.2 Å². The summed E-state index contributed by atoms with van der Waals surface area (Å²) in [6, 6.07) is 0. The molecular formula is C50H90O6. The van der Waals surface area contributed by atoms with Gasteiger partial charge in [-0.25, -0.2) is 0 Å². The molecule has 0 fully saturated rings. The molecule has 0 rings (SSSR count). The number of hydrogen-bond acceptors (Lipinski definition) is 6. The van der Waals surface area contributed by atoms with Crippen molar-refractivity contribution in [1.29, 1.82) is 0 Å². The van der Waals surface area contributed by atoms with Crippen LogP contribution in [0.1, 0.15) is 245 Å². The number of unbranched alkanes of at least 4 members (excludes halogenated alkanes) is 26. The van der Waals surface area contributed by atoms with E-state index in [0.717, 1.165) is 83.5 Å². The normalized spacial score (nSPS) is 12.3. The zero-order chi connectivity index (χ0) is 40.8. The number of carbonyl (C=O) groups excluding carboxylic acids is 3. The molecule has 0 radical (unpaired) electrons. The molecule has 0 bridgehead atoms. The van der Waals surface area contributed by atoms with Gasteiger partial charge in [0.15, 0.2) is 6.10 Å². The van der Waals surface area contributed by atoms with E-state index in [0.29, 0.717) is 19.3 Å². The summed E-state index contributed by atoms with van der Waals surface area (Å²) >= 11 is 0. The summed E-state index contributed by atoms with van der Waals surface area (Å²) in [6.45, 7) is 6.55. The van der Waals surface area contributed by atoms with E-state index in [1.165, 1.54) is 122 Å². The molecule has 0 amide bonds. The van der Waals surface area contributed by atoms with Gasteiger partial charge >= 0.3 is 17.9 Å². The van der Waals surface area contributed by atoms with Gasteiger partial charge in [0.05, 0.1) is 0 Å². The Morgan fingerprint density at radius 1 is 0.339 bits per heavy atom. The van der Waals surface area contributed by atoms with Crippen LogP contribution < -0.4 is 0 Å². The van der Waals surface area contributed by atoms with Gasteiger partial charge in [-0.2, -0.15) is 0 Å². The van der Waals surface area contributed by atoms with Gasteiger partial charge in [0, 0.05) is 19.3 Å². The number of esters is 3. The highest BCUT2D eigenvalue weighted by Crippen LogP contribution is 2.14. The van der Waals surface area contributed by atoms with Crippen molar-refractivity contribution >= 4 is 17.9 Å². The number of ether oxygens (including phenoxy) is 3. The average molecular weight is 787 g/mol. The molecule has 0 aromatic carbocycles. The Morgan fingerprint density at radius 2 is 0.607 bits per heavy atom. The fraction of sp³-hybridized carbons (Fsp3) is 0.820. The Bertz CT molecular complexity index is 953. The molecule has 0 N–H and O–H groups in total. The van der Waals surface area contributed by atoms with Gasteiger partial charge in [0.25, 0.3) is 0 Å². The fourth-order valence-electron chi connectivity index (χ4n) is 6.65. The van der Waals surface area contributed by atoms with Gasteiger partial charge in [0.2, 0.25) is 0 Å². The van der Waals surface area contributed by atoms with Crippen molar-refractivity contribution in [3.63, 3.8) is 0 Å². The second kappa shape index (κ2) is 45.3. The lowest BCUT2D eigenvalue weighted by atomic mass is 10.1. The molecule has 0 heterocycles. The molecule has 0 aromatic heterocycles. The second-order valence-electron chi connectivity index (χ2n) is 16.0. The lowest BCUT2D eigenvalue weighted by molar-refractivity contribution is -0.167. The molecule has 0 aliphatic heterocycles. The molecule has 0 aliphatic rings. The van der Waals surface area contributed by atoms with Crippen molar-refractivity contribution in [1.82, 2.24) is 0 Å². The third kappa shape index (κ3) is 42.8. The van der Waals surface area contributed by atoms with Crippen LogP contribution >= 0.6 is 0 Å². The number of hydrogen-bond donors (Lipinski definition) is 0. The SMILES string of the molecule is CCCC/C=C\CCCCCCCC(=O)OC[C@H](COC(=O)CCCCCCC/C=C\CCCCCCC)OC(=O)CCCCCCC/C=C\CCCCCC. The summed E-state index contributed by atoms with van der Waals surface area (Å²) < 4.78 is 16.7. The quantitative estimate of drug-likeness (QED) is 0.0265. The first-order chi connectivity index (χ1) is 27.5. The molecule has 56 heavy (non-hydrogen) atoms. The maximum atomic E-state index is 12.7. The van der Waals surface area contributed by atoms with Gasteiger partial charge in [0.1, 0.15) is 13.2 Å². The molecule has 0 saturated heterocycles. The summed E-state index contributed by atoms with van der Waals surface area (Å²) in [5.41, 5.74) is 0. The van der Waals surface area contributed by atoms with Crippen molar-refractivity contribution in [2.45, 2.75) is 252 Å². The van der Waals surface area contributed by atoms with Gasteiger partial charge in [-0.3, -0.25) is 14.4 Å². The summed E-state index contributed by atoms with van der Waals surface area (Å²) in [4.78, 5) is 37.8. The van der Waals surface area contributed by atoms with Gasteiger partial charge in [-0.1, -0.05) is 173 Å². The van der Waals surface area contributed by atoms with Crippen molar-refractivity contribution < 1.29 is 28.6 Å². The minimum Gasteiger partial charge on any atom is -0.462 e. The third-order valence-corrected chi connectivity index (χ3v) is 10.3. The van der Waals surface area contributed by atoms with E-state index in [9.17, 15) is 14.4 Å². The average Bonchev–Trinajstić information content (AvgIpc) is 3.19. The van der Waals surface area contributed by atoms with Crippen molar-refractivity contribution in [3.8, 4) is 0 Å². The molecular weight excluding hydrogens is 697 g/mol. The van der Waals surface area contributed by atoms with Crippen molar-refractivity contribution in [3.05, 3.63) is 36.5 Å². The Labute approximate surface area is 346 Å². The Balaban J connectivity index is 4.39. The molecule has 0 aliphatic carbocycles. The molecule has 326 valence electrons. The number of carbonyl (C=O) groups is 3. The van der Waals surface area contributed by atoms with E-state index >= 15 is 0 Å². The first kappa shape index (κ1) is 53.6. The van der Waals surface area contributed by atoms with Crippen LogP contribution in [0.4, 0.5) is 0 Å². The highest BCUT2D eigenvalue weighted by molar-refractivity contribution is 5.71. The van der Waals surface area contributed by atoms with Crippen LogP contribution in [0.15, 0.2) is 36.5 Å². The van der Waals surface area contributed by atoms with E-state index in [2.05, 4.69) is 57.2 Å². The maximum Gasteiger partial charge on any atom is 0.306 e. The van der Waals surface area contributed by atoms with Crippen LogP contribution in [-0.4, -0.2) is 37.2 Å². The van der Waals surface area contributed by atoms with Crippen LogP contribution in [-0.2, 0) is 28.6 Å². The van der Waals surface area contributed by atoms with E-state index in [-0.39, 0.29) is 31.1 Å². The zero-order valence-electron chi connectivity index (χ0n) is 37.2. The topological polar surface area (TPSA) is 78.9 Å². The van der Waals surface area contributed by atoms with Crippen LogP contribution in [0.2, 0.25) is 0 Å². The van der Waals surface area contributed by atoms with Crippen LogP contribution in [0.25, 0.3) is 0 Å². The van der Waals surface area contributed by atoms with Crippen molar-refractivity contribution in [2.24, 2.45) is 0 Å². The predicted molar refractivity (Wildman–Crippen MR) is 238 cm³/mol. The Morgan fingerprint density at radius 3 is 0.964 bits per heavy atom. The molecule has 0 unspecified atom stereocenters. The number of allylic oxidation sites excluding steroid dienone is 6. The molecule has 6 heteroatoms. The van der Waals surface area contributed by atoms with Crippen LogP contribution in [0.3, 0.4) is 0 Å². The minimum atomic E-state index is -0.779. The summed E-state index contributed by atoms with van der Waals surface area (Å²) in [5.74, 6) is -0.905. The highest BCUT2D eigenvalue weighted by atomic mass is 16.6. The predicted octanol–water partition coefficient (Wildman–Crippen LogP) is 15.4. The van der Waals surface area contributed by atoms with E-state index in [1.54, 1.807) is 0 Å². The smallest absolute Gasteiger partial charge is 0.306 e. The molecule has 1 atom stereocenters. The molecule has 6 nitrogen and oxygen atoms in total. The van der Waals surface area contributed by atoms with Gasteiger partial charge < -0.3 is 14.2 Å². The van der Waals surface area contributed by atoms with Crippen LogP contribution in [0, 0.1) is 0 Å². The summed E-state index contributed by atoms with van der Waals surface area (Å²) in [6.07, 6.45) is 51.2. The highest BCUT2D eigenvalue weighted by Gasteiger charge is 2.19. The monoisotopic (exact) mass is 787 g/mol. The fourth-order valence-corrected chi connectivity index (χ4v) is 6.65. The third-order valence-electron chi connectivity index (χ3n) is 10.3. The zero-order valence-corrected chi connectivity index (χ0v) is 37.2. The first-order valence-corrected chi connectivity index (χ1v) is 24.0. The summed E-state index contributed by atoms with van der Waals surface area (Å²) in [5, 5.41) is 0. The number of rotatable bonds is 43. The maximum absolute atomic E-state index is 12.7. The lowest BCUT2D eigenvalue weighted by Crippen LogP contribution is -2.30. The molecule has 0 saturated carbocycles. The minimum absolute atomic E-state index is 0.0815. The second-order valence-corrected chi connectivity index (χ2v) is 16.0. The van der Waals surface area contributed by atoms with Gasteiger partial charge in [-0.05, 0) is 89.9 Å². The van der Waals surface area contributed by atoms with Crippen LogP contribution in [0.5, 0.6) is 0 Å². The first-order valence-electron chi connectivity index (χ1n) is 24.0. The largest absolute Gasteiger partial charge is 0.462 e. The van der Waals surface area contributed by atoms with Gasteiger partial charge in [-0.15, -0.1) is 0 Å². The Hall–Kier alpha value is -2.37. The summed E-state index contributed by atoms with van der Waals surface area (Å²) in [7, 11) is 0. The molecule has 0 aromatic rings.